The van der Waals surface area contributed by atoms with E-state index >= 15 is 0 Å². The van der Waals surface area contributed by atoms with E-state index in [9.17, 15) is 4.79 Å². The van der Waals surface area contributed by atoms with E-state index in [0.717, 1.165) is 24.5 Å². The lowest BCUT2D eigenvalue weighted by Crippen LogP contribution is -2.48. The quantitative estimate of drug-likeness (QED) is 0.783. The first-order chi connectivity index (χ1) is 12.3. The summed E-state index contributed by atoms with van der Waals surface area (Å²) in [5.41, 5.74) is 1.03. The van der Waals surface area contributed by atoms with Crippen molar-refractivity contribution in [2.75, 3.05) is 37.7 Å². The fourth-order valence-electron chi connectivity index (χ4n) is 2.70. The highest BCUT2D eigenvalue weighted by atomic mass is 16.5. The Bertz CT molecular complexity index is 708. The summed E-state index contributed by atoms with van der Waals surface area (Å²) >= 11 is 0. The molecular weight excluding hydrogens is 316 g/mol. The van der Waals surface area contributed by atoms with Gasteiger partial charge in [0.15, 0.2) is 5.82 Å². The molecule has 1 aromatic heterocycles. The van der Waals surface area contributed by atoms with Gasteiger partial charge in [0.2, 0.25) is 11.8 Å². The topological polar surface area (TPSA) is 58.6 Å². The molecular formula is C19H22N4O2. The summed E-state index contributed by atoms with van der Waals surface area (Å²) < 4.78 is 5.31. The fraction of sp³-hybridized carbons (Fsp3) is 0.316. The van der Waals surface area contributed by atoms with Crippen molar-refractivity contribution in [3.8, 4) is 5.88 Å². The van der Waals surface area contributed by atoms with Crippen LogP contribution >= 0.6 is 0 Å². The Labute approximate surface area is 147 Å². The number of anilines is 1. The van der Waals surface area contributed by atoms with Gasteiger partial charge in [0, 0.05) is 38.3 Å². The van der Waals surface area contributed by atoms with Crippen LogP contribution in [0.15, 0.2) is 48.5 Å². The van der Waals surface area contributed by atoms with E-state index in [-0.39, 0.29) is 5.91 Å². The van der Waals surface area contributed by atoms with Gasteiger partial charge in [-0.3, -0.25) is 4.79 Å². The molecule has 6 nitrogen and oxygen atoms in total. The Morgan fingerprint density at radius 3 is 2.48 bits per heavy atom. The second-order valence-electron chi connectivity index (χ2n) is 5.72. The molecule has 1 aromatic carbocycles. The van der Waals surface area contributed by atoms with Gasteiger partial charge in [-0.05, 0) is 24.6 Å². The average molecular weight is 338 g/mol. The van der Waals surface area contributed by atoms with Crippen LogP contribution in [0.2, 0.25) is 0 Å². The van der Waals surface area contributed by atoms with E-state index in [1.807, 2.05) is 60.4 Å². The van der Waals surface area contributed by atoms with E-state index < -0.39 is 0 Å². The normalized spacial score (nSPS) is 14.8. The van der Waals surface area contributed by atoms with Gasteiger partial charge >= 0.3 is 0 Å². The molecule has 0 unspecified atom stereocenters. The maximum Gasteiger partial charge on any atom is 0.246 e. The van der Waals surface area contributed by atoms with Gasteiger partial charge in [0.1, 0.15) is 0 Å². The number of hydrogen-bond donors (Lipinski definition) is 0. The van der Waals surface area contributed by atoms with Gasteiger partial charge in [-0.1, -0.05) is 30.3 Å². The molecule has 130 valence electrons. The van der Waals surface area contributed by atoms with E-state index in [1.165, 1.54) is 0 Å². The number of amides is 1. The second-order valence-corrected chi connectivity index (χ2v) is 5.72. The van der Waals surface area contributed by atoms with E-state index in [2.05, 4.69) is 15.1 Å². The maximum atomic E-state index is 12.3. The molecule has 1 aliphatic rings. The second kappa shape index (κ2) is 8.28. The molecule has 0 radical (unpaired) electrons. The van der Waals surface area contributed by atoms with Crippen LogP contribution in [0.1, 0.15) is 12.5 Å². The molecule has 1 amide bonds. The monoisotopic (exact) mass is 338 g/mol. The van der Waals surface area contributed by atoms with E-state index in [1.54, 1.807) is 6.08 Å². The Morgan fingerprint density at radius 1 is 1.08 bits per heavy atom. The molecule has 6 heteroatoms. The largest absolute Gasteiger partial charge is 0.477 e. The van der Waals surface area contributed by atoms with Crippen LogP contribution in [0.25, 0.3) is 6.08 Å². The lowest BCUT2D eigenvalue weighted by molar-refractivity contribution is -0.126. The molecule has 1 saturated heterocycles. The summed E-state index contributed by atoms with van der Waals surface area (Å²) in [7, 11) is 0. The summed E-state index contributed by atoms with van der Waals surface area (Å²) in [6, 6.07) is 13.6. The highest BCUT2D eigenvalue weighted by molar-refractivity contribution is 5.91. The number of nitrogens with zero attached hydrogens (tertiary/aromatic N) is 4. The molecule has 0 N–H and O–H groups in total. The molecule has 0 bridgehead atoms. The molecule has 2 aromatic rings. The number of carbonyl (C=O) groups excluding carboxylic acids is 1. The molecule has 1 aliphatic heterocycles. The molecule has 0 saturated carbocycles. The maximum absolute atomic E-state index is 12.3. The number of ether oxygens (including phenoxy) is 1. The van der Waals surface area contributed by atoms with Crippen molar-refractivity contribution < 1.29 is 9.53 Å². The summed E-state index contributed by atoms with van der Waals surface area (Å²) in [6.07, 6.45) is 3.49. The number of rotatable bonds is 5. The Kier molecular flexibility index (Phi) is 5.61. The van der Waals surface area contributed by atoms with Crippen LogP contribution in [0.5, 0.6) is 5.88 Å². The highest BCUT2D eigenvalue weighted by Gasteiger charge is 2.20. The van der Waals surface area contributed by atoms with Crippen LogP contribution in [0.3, 0.4) is 0 Å². The third kappa shape index (κ3) is 4.56. The Morgan fingerprint density at radius 2 is 1.84 bits per heavy atom. The van der Waals surface area contributed by atoms with Crippen LogP contribution in [0, 0.1) is 0 Å². The highest BCUT2D eigenvalue weighted by Crippen LogP contribution is 2.15. The van der Waals surface area contributed by atoms with Crippen molar-refractivity contribution in [3.63, 3.8) is 0 Å². The van der Waals surface area contributed by atoms with Crippen molar-refractivity contribution in [1.29, 1.82) is 0 Å². The predicted octanol–water partition coefficient (Wildman–Crippen LogP) is 2.24. The zero-order valence-corrected chi connectivity index (χ0v) is 14.3. The van der Waals surface area contributed by atoms with Gasteiger partial charge in [-0.25, -0.2) is 0 Å². The Balaban J connectivity index is 1.52. The van der Waals surface area contributed by atoms with Crippen molar-refractivity contribution in [3.05, 3.63) is 54.1 Å². The SMILES string of the molecule is CCOc1ccc(N2CCN(C(=O)/C=C/c3ccccc3)CC2)nn1. The van der Waals surface area contributed by atoms with Gasteiger partial charge in [0.05, 0.1) is 6.61 Å². The summed E-state index contributed by atoms with van der Waals surface area (Å²) in [6.45, 7) is 5.32. The van der Waals surface area contributed by atoms with Crippen LogP contribution in [-0.2, 0) is 4.79 Å². The van der Waals surface area contributed by atoms with Crippen molar-refractivity contribution >= 4 is 17.8 Å². The van der Waals surface area contributed by atoms with Crippen LogP contribution in [0.4, 0.5) is 5.82 Å². The first-order valence-corrected chi connectivity index (χ1v) is 8.50. The van der Waals surface area contributed by atoms with Crippen molar-refractivity contribution in [2.24, 2.45) is 0 Å². The minimum Gasteiger partial charge on any atom is -0.477 e. The Hall–Kier alpha value is -2.89. The minimum absolute atomic E-state index is 0.0429. The number of benzene rings is 1. The summed E-state index contributed by atoms with van der Waals surface area (Å²) in [4.78, 5) is 16.3. The van der Waals surface area contributed by atoms with Crippen molar-refractivity contribution in [2.45, 2.75) is 6.92 Å². The van der Waals surface area contributed by atoms with E-state index in [0.29, 0.717) is 25.6 Å². The fourth-order valence-corrected chi connectivity index (χ4v) is 2.70. The zero-order chi connectivity index (χ0) is 17.5. The molecule has 25 heavy (non-hydrogen) atoms. The number of aromatic nitrogens is 2. The van der Waals surface area contributed by atoms with Crippen molar-refractivity contribution in [1.82, 2.24) is 15.1 Å². The third-order valence-corrected chi connectivity index (χ3v) is 4.05. The van der Waals surface area contributed by atoms with Crippen LogP contribution < -0.4 is 9.64 Å². The minimum atomic E-state index is 0.0429. The van der Waals surface area contributed by atoms with E-state index in [4.69, 9.17) is 4.74 Å². The third-order valence-electron chi connectivity index (χ3n) is 4.05. The molecule has 2 heterocycles. The summed E-state index contributed by atoms with van der Waals surface area (Å²) in [5, 5.41) is 8.26. The van der Waals surface area contributed by atoms with Gasteiger partial charge in [0.25, 0.3) is 0 Å². The lowest BCUT2D eigenvalue weighted by atomic mass is 10.2. The molecule has 0 aliphatic carbocycles. The predicted molar refractivity (Wildman–Crippen MR) is 97.5 cm³/mol. The molecule has 1 fully saturated rings. The van der Waals surface area contributed by atoms with Gasteiger partial charge in [-0.15, -0.1) is 10.2 Å². The smallest absolute Gasteiger partial charge is 0.246 e. The average Bonchev–Trinajstić information content (AvgIpc) is 2.68. The van der Waals surface area contributed by atoms with Gasteiger partial charge < -0.3 is 14.5 Å². The van der Waals surface area contributed by atoms with Gasteiger partial charge in [-0.2, -0.15) is 0 Å². The van der Waals surface area contributed by atoms with Crippen LogP contribution in [-0.4, -0.2) is 53.8 Å². The zero-order valence-electron chi connectivity index (χ0n) is 14.3. The first kappa shape index (κ1) is 17.0. The first-order valence-electron chi connectivity index (χ1n) is 8.50. The number of hydrogen-bond acceptors (Lipinski definition) is 5. The summed E-state index contributed by atoms with van der Waals surface area (Å²) in [5.74, 6) is 1.39. The lowest BCUT2D eigenvalue weighted by Gasteiger charge is -2.34. The molecule has 0 spiro atoms. The molecule has 0 atom stereocenters. The molecule has 3 rings (SSSR count). The standard InChI is InChI=1S/C19H22N4O2/c1-2-25-18-10-9-17(20-21-18)22-12-14-23(15-13-22)19(24)11-8-16-6-4-3-5-7-16/h3-11H,2,12-15H2,1H3/b11-8+. The number of carbonyl (C=O) groups is 1. The number of piperazine rings is 1.